The van der Waals surface area contributed by atoms with E-state index >= 15 is 0 Å². The lowest BCUT2D eigenvalue weighted by atomic mass is 10.2. The molecule has 0 aliphatic carbocycles. The third kappa shape index (κ3) is 5.92. The Balaban J connectivity index is 2.05. The van der Waals surface area contributed by atoms with E-state index in [4.69, 9.17) is 5.26 Å². The summed E-state index contributed by atoms with van der Waals surface area (Å²) in [6.45, 7) is 0. The van der Waals surface area contributed by atoms with Crippen LogP contribution >= 0.6 is 0 Å². The first kappa shape index (κ1) is 19.0. The molecule has 9 heteroatoms. The molecule has 134 valence electrons. The highest BCUT2D eigenvalue weighted by molar-refractivity contribution is 7.92. The second-order valence-electron chi connectivity index (χ2n) is 5.37. The van der Waals surface area contributed by atoms with E-state index in [0.717, 1.165) is 6.26 Å². The standard InChI is InChI=1S/C17H16N4O4S/c1-26(24,25)21-13-7-5-12(6-8-13)17(23)20-15-4-2-3-14(11-15)19-16(22)9-10-18/h2-8,11,21H,9H2,1H3,(H,19,22)(H,20,23). The molecule has 0 aromatic heterocycles. The Hall–Kier alpha value is -3.38. The van der Waals surface area contributed by atoms with Gasteiger partial charge in [0.05, 0.1) is 12.3 Å². The minimum absolute atomic E-state index is 0.259. The van der Waals surface area contributed by atoms with Gasteiger partial charge in [-0.15, -0.1) is 0 Å². The summed E-state index contributed by atoms with van der Waals surface area (Å²) >= 11 is 0. The SMILES string of the molecule is CS(=O)(=O)Nc1ccc(C(=O)Nc2cccc(NC(=O)CC#N)c2)cc1. The van der Waals surface area contributed by atoms with Gasteiger partial charge >= 0.3 is 0 Å². The van der Waals surface area contributed by atoms with Crippen LogP contribution in [0.25, 0.3) is 0 Å². The average Bonchev–Trinajstić information content (AvgIpc) is 2.54. The zero-order valence-corrected chi connectivity index (χ0v) is 14.6. The van der Waals surface area contributed by atoms with E-state index in [9.17, 15) is 18.0 Å². The molecule has 2 aromatic rings. The molecule has 26 heavy (non-hydrogen) atoms. The van der Waals surface area contributed by atoms with E-state index in [1.165, 1.54) is 24.3 Å². The summed E-state index contributed by atoms with van der Waals surface area (Å²) in [5.41, 5.74) is 1.60. The van der Waals surface area contributed by atoms with Crippen molar-refractivity contribution < 1.29 is 18.0 Å². The fraction of sp³-hybridized carbons (Fsp3) is 0.118. The van der Waals surface area contributed by atoms with Crippen molar-refractivity contribution in [1.29, 1.82) is 5.26 Å². The summed E-state index contributed by atoms with van der Waals surface area (Å²) in [5, 5.41) is 13.7. The lowest BCUT2D eigenvalue weighted by Crippen LogP contribution is -2.14. The zero-order valence-electron chi connectivity index (χ0n) is 13.8. The number of sulfonamides is 1. The van der Waals surface area contributed by atoms with Gasteiger partial charge < -0.3 is 10.6 Å². The van der Waals surface area contributed by atoms with Crippen LogP contribution in [-0.2, 0) is 14.8 Å². The molecule has 8 nitrogen and oxygen atoms in total. The minimum Gasteiger partial charge on any atom is -0.325 e. The molecule has 0 heterocycles. The number of benzene rings is 2. The maximum absolute atomic E-state index is 12.3. The number of carbonyl (C=O) groups is 2. The van der Waals surface area contributed by atoms with E-state index in [2.05, 4.69) is 15.4 Å². The van der Waals surface area contributed by atoms with Crippen molar-refractivity contribution in [3.8, 4) is 6.07 Å². The number of rotatable bonds is 6. The number of hydrogen-bond acceptors (Lipinski definition) is 5. The first-order valence-electron chi connectivity index (χ1n) is 7.43. The van der Waals surface area contributed by atoms with Crippen LogP contribution in [0.4, 0.5) is 17.1 Å². The van der Waals surface area contributed by atoms with Gasteiger partial charge in [-0.2, -0.15) is 5.26 Å². The van der Waals surface area contributed by atoms with Crippen molar-refractivity contribution in [2.75, 3.05) is 21.6 Å². The van der Waals surface area contributed by atoms with Gasteiger partial charge in [0.2, 0.25) is 15.9 Å². The van der Waals surface area contributed by atoms with Gasteiger partial charge in [0.15, 0.2) is 0 Å². The van der Waals surface area contributed by atoms with E-state index in [1.807, 2.05) is 0 Å². The summed E-state index contributed by atoms with van der Waals surface area (Å²) in [7, 11) is -3.38. The van der Waals surface area contributed by atoms with Gasteiger partial charge in [0.1, 0.15) is 6.42 Å². The van der Waals surface area contributed by atoms with Crippen molar-refractivity contribution in [3.63, 3.8) is 0 Å². The quantitative estimate of drug-likeness (QED) is 0.716. The highest BCUT2D eigenvalue weighted by atomic mass is 32.2. The van der Waals surface area contributed by atoms with E-state index < -0.39 is 21.8 Å². The molecule has 0 unspecified atom stereocenters. The van der Waals surface area contributed by atoms with Crippen LogP contribution in [-0.4, -0.2) is 26.5 Å². The zero-order chi connectivity index (χ0) is 19.2. The summed E-state index contributed by atoms with van der Waals surface area (Å²) in [4.78, 5) is 23.7. The Kier molecular flexibility index (Phi) is 5.93. The van der Waals surface area contributed by atoms with Gasteiger partial charge in [-0.1, -0.05) is 6.07 Å². The van der Waals surface area contributed by atoms with Gasteiger partial charge in [-0.3, -0.25) is 14.3 Å². The second kappa shape index (κ2) is 8.13. The van der Waals surface area contributed by atoms with Crippen LogP contribution < -0.4 is 15.4 Å². The van der Waals surface area contributed by atoms with Gasteiger partial charge in [-0.25, -0.2) is 8.42 Å². The van der Waals surface area contributed by atoms with Crippen LogP contribution in [0.1, 0.15) is 16.8 Å². The molecule has 0 aliphatic heterocycles. The molecule has 3 N–H and O–H groups in total. The molecular formula is C17H16N4O4S. The van der Waals surface area contributed by atoms with Crippen LogP contribution in [0.3, 0.4) is 0 Å². The van der Waals surface area contributed by atoms with Crippen LogP contribution in [0, 0.1) is 11.3 Å². The molecule has 2 rings (SSSR count). The highest BCUT2D eigenvalue weighted by Gasteiger charge is 2.08. The van der Waals surface area contributed by atoms with Crippen molar-refractivity contribution >= 4 is 38.9 Å². The Bertz CT molecular complexity index is 963. The largest absolute Gasteiger partial charge is 0.325 e. The lowest BCUT2D eigenvalue weighted by Gasteiger charge is -2.09. The topological polar surface area (TPSA) is 128 Å². The number of amides is 2. The molecule has 0 bridgehead atoms. The van der Waals surface area contributed by atoms with Crippen LogP contribution in [0.2, 0.25) is 0 Å². The maximum atomic E-state index is 12.3. The van der Waals surface area contributed by atoms with Gasteiger partial charge in [0, 0.05) is 22.6 Å². The normalized spacial score (nSPS) is 10.5. The Labute approximate surface area is 150 Å². The Morgan fingerprint density at radius 3 is 2.19 bits per heavy atom. The van der Waals surface area contributed by atoms with Gasteiger partial charge in [-0.05, 0) is 42.5 Å². The number of nitriles is 1. The van der Waals surface area contributed by atoms with Crippen LogP contribution in [0.15, 0.2) is 48.5 Å². The summed E-state index contributed by atoms with van der Waals surface area (Å²) in [6.07, 6.45) is 0.778. The van der Waals surface area contributed by atoms with Crippen molar-refractivity contribution in [2.45, 2.75) is 6.42 Å². The lowest BCUT2D eigenvalue weighted by molar-refractivity contribution is -0.115. The molecule has 2 amide bonds. The first-order valence-corrected chi connectivity index (χ1v) is 9.32. The third-order valence-electron chi connectivity index (χ3n) is 3.09. The van der Waals surface area contributed by atoms with Crippen molar-refractivity contribution in [1.82, 2.24) is 0 Å². The molecule has 0 saturated heterocycles. The molecule has 2 aromatic carbocycles. The van der Waals surface area contributed by atoms with E-state index in [1.54, 1.807) is 30.3 Å². The fourth-order valence-electron chi connectivity index (χ4n) is 2.06. The predicted octanol–water partition coefficient (Wildman–Crippen LogP) is 2.16. The minimum atomic E-state index is -3.38. The van der Waals surface area contributed by atoms with Crippen molar-refractivity contribution in [2.24, 2.45) is 0 Å². The fourth-order valence-corrected chi connectivity index (χ4v) is 2.62. The summed E-state index contributed by atoms with van der Waals surface area (Å²) in [6, 6.07) is 14.2. The smallest absolute Gasteiger partial charge is 0.255 e. The molecule has 0 spiro atoms. The Morgan fingerprint density at radius 2 is 1.62 bits per heavy atom. The van der Waals surface area contributed by atoms with Crippen LogP contribution in [0.5, 0.6) is 0 Å². The van der Waals surface area contributed by atoms with Crippen molar-refractivity contribution in [3.05, 3.63) is 54.1 Å². The molecule has 0 fully saturated rings. The van der Waals surface area contributed by atoms with E-state index in [-0.39, 0.29) is 6.42 Å². The monoisotopic (exact) mass is 372 g/mol. The number of hydrogen-bond donors (Lipinski definition) is 3. The number of anilines is 3. The maximum Gasteiger partial charge on any atom is 0.255 e. The molecule has 0 atom stereocenters. The summed E-state index contributed by atoms with van der Waals surface area (Å²) < 4.78 is 24.7. The second-order valence-corrected chi connectivity index (χ2v) is 7.12. The molecule has 0 saturated carbocycles. The third-order valence-corrected chi connectivity index (χ3v) is 3.70. The van der Waals surface area contributed by atoms with E-state index in [0.29, 0.717) is 22.6 Å². The average molecular weight is 372 g/mol. The molecular weight excluding hydrogens is 356 g/mol. The molecule has 0 aliphatic rings. The Morgan fingerprint density at radius 1 is 1.00 bits per heavy atom. The molecule has 0 radical (unpaired) electrons. The highest BCUT2D eigenvalue weighted by Crippen LogP contribution is 2.17. The first-order chi connectivity index (χ1) is 12.3. The number of nitrogens with one attached hydrogen (secondary N) is 3. The number of carbonyl (C=O) groups excluding carboxylic acids is 2. The van der Waals surface area contributed by atoms with Gasteiger partial charge in [0.25, 0.3) is 5.91 Å². The predicted molar refractivity (Wildman–Crippen MR) is 98.2 cm³/mol. The summed E-state index contributed by atoms with van der Waals surface area (Å²) in [5.74, 6) is -0.832. The number of nitrogens with zero attached hydrogens (tertiary/aromatic N) is 1.